The van der Waals surface area contributed by atoms with Crippen molar-refractivity contribution in [1.29, 1.82) is 0 Å². The zero-order valence-corrected chi connectivity index (χ0v) is 6.90. The van der Waals surface area contributed by atoms with E-state index in [2.05, 4.69) is 0 Å². The van der Waals surface area contributed by atoms with Gasteiger partial charge in [-0.15, -0.1) is 0 Å². The van der Waals surface area contributed by atoms with E-state index in [9.17, 15) is 0 Å². The van der Waals surface area contributed by atoms with Gasteiger partial charge in [0, 0.05) is 6.54 Å². The van der Waals surface area contributed by atoms with Gasteiger partial charge in [-0.3, -0.25) is 0 Å². The van der Waals surface area contributed by atoms with Crippen LogP contribution in [0.1, 0.15) is 5.56 Å². The molecule has 0 aromatic heterocycles. The molecule has 0 heterocycles. The second-order valence-corrected chi connectivity index (χ2v) is 2.58. The molecule has 0 aliphatic rings. The molecule has 64 valence electrons. The lowest BCUT2D eigenvalue weighted by Gasteiger charge is -1.96. The van der Waals surface area contributed by atoms with E-state index in [1.54, 1.807) is 12.1 Å². The van der Waals surface area contributed by atoms with E-state index in [0.717, 1.165) is 12.0 Å². The first-order valence-electron chi connectivity index (χ1n) is 3.96. The van der Waals surface area contributed by atoms with Crippen molar-refractivity contribution in [2.75, 3.05) is 6.54 Å². The lowest BCUT2D eigenvalue weighted by atomic mass is 10.1. The average molecular weight is 163 g/mol. The van der Waals surface area contributed by atoms with Crippen LogP contribution in [0.4, 0.5) is 0 Å². The standard InChI is InChI=1S/C10H13NO/c11-7-2-1-4-9-5-3-6-10(12)8-9/h1-3,5-6,8,12H,4,7,11H2/b2-1+. The van der Waals surface area contributed by atoms with Crippen LogP contribution in [0.15, 0.2) is 36.4 Å². The summed E-state index contributed by atoms with van der Waals surface area (Å²) in [5, 5.41) is 9.12. The van der Waals surface area contributed by atoms with Crippen molar-refractivity contribution >= 4 is 0 Å². The van der Waals surface area contributed by atoms with Gasteiger partial charge in [0.15, 0.2) is 0 Å². The van der Waals surface area contributed by atoms with Gasteiger partial charge in [-0.05, 0) is 24.1 Å². The van der Waals surface area contributed by atoms with Gasteiger partial charge in [0.25, 0.3) is 0 Å². The molecular weight excluding hydrogens is 150 g/mol. The molecule has 0 atom stereocenters. The lowest BCUT2D eigenvalue weighted by Crippen LogP contribution is -1.92. The highest BCUT2D eigenvalue weighted by atomic mass is 16.3. The topological polar surface area (TPSA) is 46.2 Å². The van der Waals surface area contributed by atoms with Crippen LogP contribution in [-0.4, -0.2) is 11.7 Å². The number of allylic oxidation sites excluding steroid dienone is 1. The Morgan fingerprint density at radius 1 is 1.33 bits per heavy atom. The van der Waals surface area contributed by atoms with Crippen LogP contribution in [0, 0.1) is 0 Å². The molecule has 0 fully saturated rings. The minimum atomic E-state index is 0.314. The molecule has 0 radical (unpaired) electrons. The Morgan fingerprint density at radius 2 is 2.17 bits per heavy atom. The first kappa shape index (κ1) is 8.81. The molecular formula is C10H13NO. The number of rotatable bonds is 3. The van der Waals surface area contributed by atoms with E-state index in [1.165, 1.54) is 0 Å². The minimum absolute atomic E-state index is 0.314. The van der Waals surface area contributed by atoms with E-state index in [4.69, 9.17) is 10.8 Å². The fourth-order valence-corrected chi connectivity index (χ4v) is 0.999. The van der Waals surface area contributed by atoms with E-state index in [-0.39, 0.29) is 0 Å². The Bertz CT molecular complexity index is 268. The fraction of sp³-hybridized carbons (Fsp3) is 0.200. The first-order valence-corrected chi connectivity index (χ1v) is 3.96. The quantitative estimate of drug-likeness (QED) is 0.662. The number of aromatic hydroxyl groups is 1. The minimum Gasteiger partial charge on any atom is -0.508 e. The maximum Gasteiger partial charge on any atom is 0.115 e. The second-order valence-electron chi connectivity index (χ2n) is 2.58. The highest BCUT2D eigenvalue weighted by Crippen LogP contribution is 2.11. The molecule has 2 nitrogen and oxygen atoms in total. The Labute approximate surface area is 72.3 Å². The number of nitrogens with two attached hydrogens (primary N) is 1. The van der Waals surface area contributed by atoms with E-state index < -0.39 is 0 Å². The van der Waals surface area contributed by atoms with Crippen LogP contribution in [0.25, 0.3) is 0 Å². The molecule has 1 aromatic carbocycles. The molecule has 2 heteroatoms. The zero-order chi connectivity index (χ0) is 8.81. The molecule has 1 rings (SSSR count). The number of hydrogen-bond donors (Lipinski definition) is 2. The second kappa shape index (κ2) is 4.57. The van der Waals surface area contributed by atoms with Crippen LogP contribution < -0.4 is 5.73 Å². The van der Waals surface area contributed by atoms with E-state index in [0.29, 0.717) is 12.3 Å². The summed E-state index contributed by atoms with van der Waals surface area (Å²) in [5.41, 5.74) is 6.38. The summed E-state index contributed by atoms with van der Waals surface area (Å²) < 4.78 is 0. The SMILES string of the molecule is NC/C=C/Cc1cccc(O)c1. The number of hydrogen-bond acceptors (Lipinski definition) is 2. The summed E-state index contributed by atoms with van der Waals surface area (Å²) in [6.07, 6.45) is 4.73. The van der Waals surface area contributed by atoms with Gasteiger partial charge in [-0.1, -0.05) is 24.3 Å². The smallest absolute Gasteiger partial charge is 0.115 e. The molecule has 0 aliphatic heterocycles. The highest BCUT2D eigenvalue weighted by molar-refractivity contribution is 5.28. The monoisotopic (exact) mass is 163 g/mol. The molecule has 0 aliphatic carbocycles. The summed E-state index contributed by atoms with van der Waals surface area (Å²) >= 11 is 0. The third kappa shape index (κ3) is 2.76. The van der Waals surface area contributed by atoms with Crippen molar-refractivity contribution in [2.45, 2.75) is 6.42 Å². The van der Waals surface area contributed by atoms with Crippen LogP contribution in [0.2, 0.25) is 0 Å². The maximum atomic E-state index is 9.12. The van der Waals surface area contributed by atoms with E-state index >= 15 is 0 Å². The molecule has 0 saturated heterocycles. The van der Waals surface area contributed by atoms with Gasteiger partial charge in [0.05, 0.1) is 0 Å². The van der Waals surface area contributed by atoms with Gasteiger partial charge in [0.1, 0.15) is 5.75 Å². The summed E-state index contributed by atoms with van der Waals surface area (Å²) in [6, 6.07) is 7.22. The van der Waals surface area contributed by atoms with Crippen molar-refractivity contribution in [2.24, 2.45) is 5.73 Å². The molecule has 1 aromatic rings. The van der Waals surface area contributed by atoms with Crippen LogP contribution in [0.5, 0.6) is 5.75 Å². The maximum absolute atomic E-state index is 9.12. The Morgan fingerprint density at radius 3 is 2.83 bits per heavy atom. The van der Waals surface area contributed by atoms with Gasteiger partial charge >= 0.3 is 0 Å². The summed E-state index contributed by atoms with van der Waals surface area (Å²) in [4.78, 5) is 0. The summed E-state index contributed by atoms with van der Waals surface area (Å²) in [6.45, 7) is 0.568. The molecule has 0 amide bonds. The first-order chi connectivity index (χ1) is 5.83. The Balaban J connectivity index is 2.57. The molecule has 0 saturated carbocycles. The summed E-state index contributed by atoms with van der Waals surface area (Å²) in [7, 11) is 0. The van der Waals surface area contributed by atoms with Crippen molar-refractivity contribution in [3.63, 3.8) is 0 Å². The molecule has 0 spiro atoms. The number of phenolic OH excluding ortho intramolecular Hbond substituents is 1. The van der Waals surface area contributed by atoms with Crippen LogP contribution >= 0.6 is 0 Å². The predicted molar refractivity (Wildman–Crippen MR) is 50.0 cm³/mol. The van der Waals surface area contributed by atoms with Crippen molar-refractivity contribution in [3.8, 4) is 5.75 Å². The van der Waals surface area contributed by atoms with Gasteiger partial charge in [0.2, 0.25) is 0 Å². The van der Waals surface area contributed by atoms with Crippen LogP contribution in [-0.2, 0) is 6.42 Å². The zero-order valence-electron chi connectivity index (χ0n) is 6.90. The predicted octanol–water partition coefficient (Wildman–Crippen LogP) is 1.45. The third-order valence-electron chi connectivity index (χ3n) is 1.57. The lowest BCUT2D eigenvalue weighted by molar-refractivity contribution is 0.474. The van der Waals surface area contributed by atoms with Crippen molar-refractivity contribution < 1.29 is 5.11 Å². The van der Waals surface area contributed by atoms with Crippen LogP contribution in [0.3, 0.4) is 0 Å². The molecule has 0 bridgehead atoms. The number of benzene rings is 1. The Hall–Kier alpha value is -1.28. The molecule has 0 unspecified atom stereocenters. The average Bonchev–Trinajstić information content (AvgIpc) is 2.05. The normalized spacial score (nSPS) is 10.8. The molecule has 12 heavy (non-hydrogen) atoms. The summed E-state index contributed by atoms with van der Waals surface area (Å²) in [5.74, 6) is 0.314. The van der Waals surface area contributed by atoms with Gasteiger partial charge < -0.3 is 10.8 Å². The van der Waals surface area contributed by atoms with E-state index in [1.807, 2.05) is 24.3 Å². The van der Waals surface area contributed by atoms with Crippen molar-refractivity contribution in [3.05, 3.63) is 42.0 Å². The Kier molecular flexibility index (Phi) is 3.35. The van der Waals surface area contributed by atoms with Gasteiger partial charge in [-0.2, -0.15) is 0 Å². The highest BCUT2D eigenvalue weighted by Gasteiger charge is 1.90. The third-order valence-corrected chi connectivity index (χ3v) is 1.57. The number of phenols is 1. The molecule has 3 N–H and O–H groups in total. The van der Waals surface area contributed by atoms with Gasteiger partial charge in [-0.25, -0.2) is 0 Å². The van der Waals surface area contributed by atoms with Crippen molar-refractivity contribution in [1.82, 2.24) is 0 Å². The fourth-order valence-electron chi connectivity index (χ4n) is 0.999. The largest absolute Gasteiger partial charge is 0.508 e.